The highest BCUT2D eigenvalue weighted by atomic mass is 19.3. The summed E-state index contributed by atoms with van der Waals surface area (Å²) in [5, 5.41) is 0. The quantitative estimate of drug-likeness (QED) is 0.344. The molecule has 1 aromatic carbocycles. The lowest BCUT2D eigenvalue weighted by molar-refractivity contribution is -0.220. The van der Waals surface area contributed by atoms with Crippen molar-refractivity contribution >= 4 is 0 Å². The second-order valence-electron chi connectivity index (χ2n) is 8.09. The molecule has 3 rings (SSSR count). The van der Waals surface area contributed by atoms with Crippen LogP contribution in [0, 0.1) is 23.5 Å². The molecule has 2 fully saturated rings. The number of ether oxygens (including phenoxy) is 5. The van der Waals surface area contributed by atoms with Gasteiger partial charge >= 0.3 is 6.61 Å². The summed E-state index contributed by atoms with van der Waals surface area (Å²) in [6.07, 6.45) is 5.04. The van der Waals surface area contributed by atoms with E-state index >= 15 is 0 Å². The maximum absolute atomic E-state index is 13.9. The molecule has 5 nitrogen and oxygen atoms in total. The first-order valence-electron chi connectivity index (χ1n) is 10.9. The largest absolute Gasteiger partial charge is 0.429 e. The Morgan fingerprint density at radius 1 is 0.871 bits per heavy atom. The van der Waals surface area contributed by atoms with Gasteiger partial charge in [0.2, 0.25) is 0 Å². The second-order valence-corrected chi connectivity index (χ2v) is 8.09. The average Bonchev–Trinajstić information content (AvgIpc) is 2.76. The fourth-order valence-corrected chi connectivity index (χ4v) is 3.79. The van der Waals surface area contributed by atoms with Crippen LogP contribution in [-0.4, -0.2) is 39.3 Å². The fourth-order valence-electron chi connectivity index (χ4n) is 3.79. The Morgan fingerprint density at radius 2 is 1.45 bits per heavy atom. The zero-order valence-electron chi connectivity index (χ0n) is 17.7. The van der Waals surface area contributed by atoms with E-state index in [9.17, 15) is 17.6 Å². The zero-order valence-corrected chi connectivity index (χ0v) is 17.7. The predicted molar refractivity (Wildman–Crippen MR) is 104 cm³/mol. The third-order valence-corrected chi connectivity index (χ3v) is 5.53. The minimum absolute atomic E-state index is 0.0723. The van der Waals surface area contributed by atoms with Gasteiger partial charge in [0.15, 0.2) is 30.0 Å². The van der Waals surface area contributed by atoms with E-state index in [2.05, 4.69) is 11.7 Å². The molecule has 2 aliphatic heterocycles. The van der Waals surface area contributed by atoms with Crippen LogP contribution in [0.3, 0.4) is 0 Å². The van der Waals surface area contributed by atoms with E-state index in [1.807, 2.05) is 0 Å². The van der Waals surface area contributed by atoms with Gasteiger partial charge in [-0.15, -0.1) is 0 Å². The van der Waals surface area contributed by atoms with Gasteiger partial charge in [0.05, 0.1) is 26.4 Å². The van der Waals surface area contributed by atoms with Gasteiger partial charge < -0.3 is 23.7 Å². The maximum Gasteiger partial charge on any atom is 0.387 e. The van der Waals surface area contributed by atoms with Crippen LogP contribution in [-0.2, 0) is 18.9 Å². The molecule has 0 aliphatic carbocycles. The number of benzene rings is 1. The molecule has 0 amide bonds. The smallest absolute Gasteiger partial charge is 0.387 e. The third kappa shape index (κ3) is 7.30. The minimum Gasteiger partial charge on any atom is -0.429 e. The van der Waals surface area contributed by atoms with Crippen molar-refractivity contribution in [3.05, 3.63) is 29.3 Å². The predicted octanol–water partition coefficient (Wildman–Crippen LogP) is 5.58. The van der Waals surface area contributed by atoms with Gasteiger partial charge in [0.1, 0.15) is 0 Å². The first-order valence-corrected chi connectivity index (χ1v) is 10.9. The number of rotatable bonds is 10. The van der Waals surface area contributed by atoms with Crippen LogP contribution in [0.5, 0.6) is 5.75 Å². The SMILES string of the molecule is CCCCCC1COC(CCC2COC(c3cc(F)c(OC(F)F)c(F)c3)OC2)OC1. The molecular formula is C22H30F4O5. The Bertz CT molecular complexity index is 651. The van der Waals surface area contributed by atoms with E-state index < -0.39 is 30.3 Å². The number of halogens is 4. The van der Waals surface area contributed by atoms with Gasteiger partial charge in [-0.05, 0) is 31.4 Å². The molecule has 0 bridgehead atoms. The molecule has 31 heavy (non-hydrogen) atoms. The van der Waals surface area contributed by atoms with Crippen molar-refractivity contribution in [3.8, 4) is 5.75 Å². The Hall–Kier alpha value is -1.42. The van der Waals surface area contributed by atoms with E-state index in [1.165, 1.54) is 19.3 Å². The van der Waals surface area contributed by atoms with Crippen LogP contribution in [0.15, 0.2) is 12.1 Å². The number of alkyl halides is 2. The summed E-state index contributed by atoms with van der Waals surface area (Å²) < 4.78 is 79.0. The van der Waals surface area contributed by atoms with E-state index in [0.29, 0.717) is 25.6 Å². The Kier molecular flexibility index (Phi) is 9.37. The van der Waals surface area contributed by atoms with Crippen molar-refractivity contribution < 1.29 is 41.2 Å². The first-order chi connectivity index (χ1) is 15.0. The molecule has 0 atom stereocenters. The van der Waals surface area contributed by atoms with Gasteiger partial charge in [-0.3, -0.25) is 0 Å². The van der Waals surface area contributed by atoms with E-state index in [0.717, 1.165) is 38.2 Å². The second kappa shape index (κ2) is 12.0. The van der Waals surface area contributed by atoms with E-state index in [4.69, 9.17) is 18.9 Å². The lowest BCUT2D eigenvalue weighted by atomic mass is 10.0. The Balaban J connectivity index is 1.39. The zero-order chi connectivity index (χ0) is 22.2. The molecule has 0 unspecified atom stereocenters. The van der Waals surface area contributed by atoms with Gasteiger partial charge in [-0.1, -0.05) is 26.2 Å². The standard InChI is InChI=1S/C22H30F4O5/c1-2-3-4-5-14-10-27-19(28-11-14)7-6-15-12-29-21(30-13-15)16-8-17(23)20(18(24)9-16)31-22(25)26/h8-9,14-15,19,21-22H,2-7,10-13H2,1H3. The summed E-state index contributed by atoms with van der Waals surface area (Å²) in [4.78, 5) is 0. The van der Waals surface area contributed by atoms with Crippen LogP contribution in [0.2, 0.25) is 0 Å². The van der Waals surface area contributed by atoms with E-state index in [1.54, 1.807) is 0 Å². The van der Waals surface area contributed by atoms with Crippen molar-refractivity contribution in [2.24, 2.45) is 11.8 Å². The number of unbranched alkanes of at least 4 members (excludes halogenated alkanes) is 2. The minimum atomic E-state index is -3.32. The molecule has 2 aliphatic rings. The molecule has 0 saturated carbocycles. The molecule has 1 aromatic rings. The molecular weight excluding hydrogens is 420 g/mol. The molecule has 0 spiro atoms. The normalized spacial score (nSPS) is 26.9. The molecule has 176 valence electrons. The van der Waals surface area contributed by atoms with Gasteiger partial charge in [0.25, 0.3) is 0 Å². The van der Waals surface area contributed by atoms with Crippen molar-refractivity contribution in [2.45, 2.75) is 64.6 Å². The van der Waals surface area contributed by atoms with Crippen LogP contribution in [0.25, 0.3) is 0 Å². The van der Waals surface area contributed by atoms with Crippen molar-refractivity contribution in [1.82, 2.24) is 0 Å². The number of hydrogen-bond acceptors (Lipinski definition) is 5. The van der Waals surface area contributed by atoms with Crippen molar-refractivity contribution in [3.63, 3.8) is 0 Å². The summed E-state index contributed by atoms with van der Waals surface area (Å²) in [5.41, 5.74) is 0.0723. The molecule has 2 saturated heterocycles. The lowest BCUT2D eigenvalue weighted by Crippen LogP contribution is -2.33. The van der Waals surface area contributed by atoms with Crippen LogP contribution >= 0.6 is 0 Å². The van der Waals surface area contributed by atoms with Gasteiger partial charge in [-0.25, -0.2) is 8.78 Å². The van der Waals surface area contributed by atoms with Crippen LogP contribution in [0.1, 0.15) is 57.3 Å². The van der Waals surface area contributed by atoms with Crippen LogP contribution < -0.4 is 4.74 Å². The third-order valence-electron chi connectivity index (χ3n) is 5.53. The molecule has 0 N–H and O–H groups in total. The maximum atomic E-state index is 13.9. The van der Waals surface area contributed by atoms with Gasteiger partial charge in [0, 0.05) is 17.4 Å². The van der Waals surface area contributed by atoms with Crippen LogP contribution in [0.4, 0.5) is 17.6 Å². The summed E-state index contributed by atoms with van der Waals surface area (Å²) >= 11 is 0. The summed E-state index contributed by atoms with van der Waals surface area (Å²) in [5.74, 6) is -3.02. The Labute approximate surface area is 179 Å². The van der Waals surface area contributed by atoms with Crippen molar-refractivity contribution in [1.29, 1.82) is 0 Å². The molecule has 9 heteroatoms. The molecule has 0 radical (unpaired) electrons. The van der Waals surface area contributed by atoms with E-state index in [-0.39, 0.29) is 17.8 Å². The highest BCUT2D eigenvalue weighted by Crippen LogP contribution is 2.32. The first kappa shape index (κ1) is 24.2. The Morgan fingerprint density at radius 3 is 2.03 bits per heavy atom. The van der Waals surface area contributed by atoms with Gasteiger partial charge in [-0.2, -0.15) is 8.78 Å². The monoisotopic (exact) mass is 450 g/mol. The highest BCUT2D eigenvalue weighted by Gasteiger charge is 2.28. The summed E-state index contributed by atoms with van der Waals surface area (Å²) in [6.45, 7) is 0.989. The van der Waals surface area contributed by atoms with Crippen molar-refractivity contribution in [2.75, 3.05) is 26.4 Å². The topological polar surface area (TPSA) is 46.2 Å². The number of hydrogen-bond donors (Lipinski definition) is 0. The summed E-state index contributed by atoms with van der Waals surface area (Å²) in [6, 6.07) is 1.76. The lowest BCUT2D eigenvalue weighted by Gasteiger charge is -2.32. The summed E-state index contributed by atoms with van der Waals surface area (Å²) in [7, 11) is 0. The fraction of sp³-hybridized carbons (Fsp3) is 0.727. The average molecular weight is 450 g/mol. The molecule has 2 heterocycles. The molecule has 0 aromatic heterocycles. The highest BCUT2D eigenvalue weighted by molar-refractivity contribution is 5.32.